The topological polar surface area (TPSA) is 87.5 Å². The van der Waals surface area contributed by atoms with Crippen molar-refractivity contribution in [2.24, 2.45) is 0 Å². The van der Waals surface area contributed by atoms with Crippen LogP contribution in [0.15, 0.2) is 205 Å². The molecule has 0 saturated heterocycles. The lowest BCUT2D eigenvalue weighted by atomic mass is 10.1. The molecule has 8 heteroatoms. The van der Waals surface area contributed by atoms with Gasteiger partial charge in [-0.2, -0.15) is 0 Å². The minimum Gasteiger partial charge on any atom is -0.416 e. The van der Waals surface area contributed by atoms with Crippen LogP contribution in [0.4, 0.5) is 0 Å². The molecule has 0 saturated carbocycles. The van der Waals surface area contributed by atoms with E-state index in [9.17, 15) is 0 Å². The van der Waals surface area contributed by atoms with E-state index >= 15 is 0 Å². The average Bonchev–Trinajstić information content (AvgIpc) is 4.06. The summed E-state index contributed by atoms with van der Waals surface area (Å²) in [6.07, 6.45) is 0. The van der Waals surface area contributed by atoms with E-state index in [1.165, 1.54) is 0 Å². The summed E-state index contributed by atoms with van der Waals surface area (Å²) in [4.78, 5) is 14.9. The number of hydrogen-bond acceptors (Lipinski definition) is 6. The lowest BCUT2D eigenvalue weighted by molar-refractivity contribution is 0.585. The second-order valence-corrected chi connectivity index (χ2v) is 15.0. The van der Waals surface area contributed by atoms with E-state index in [2.05, 4.69) is 153 Å². The zero-order valence-corrected chi connectivity index (χ0v) is 32.6. The van der Waals surface area contributed by atoms with Gasteiger partial charge in [0.2, 0.25) is 11.8 Å². The largest absolute Gasteiger partial charge is 0.416 e. The highest BCUT2D eigenvalue weighted by Gasteiger charge is 2.21. The van der Waals surface area contributed by atoms with Crippen molar-refractivity contribution in [3.8, 4) is 68.4 Å². The van der Waals surface area contributed by atoms with Gasteiger partial charge in [0.1, 0.15) is 0 Å². The minimum atomic E-state index is 0.455. The Bertz CT molecular complexity index is 3530. The van der Waals surface area contributed by atoms with Crippen LogP contribution in [0.2, 0.25) is 0 Å². The molecule has 0 amide bonds. The van der Waals surface area contributed by atoms with E-state index in [1.807, 2.05) is 66.7 Å². The molecule has 0 aliphatic rings. The van der Waals surface area contributed by atoms with Gasteiger partial charge in [-0.05, 0) is 66.7 Å². The van der Waals surface area contributed by atoms with Gasteiger partial charge < -0.3 is 13.6 Å². The SMILES string of the molecule is c1ccc(-c2nc(-c3ccccc3)nc(-c3cccc(-n4c5ccccc5c5c(-c6nnc(-c7ccc8c(c7)c7ccccc7n8-c7ccccc7)o6)cccc54)c3)n2)cc1. The summed E-state index contributed by atoms with van der Waals surface area (Å²) in [6, 6.07) is 68.5. The molecule has 0 radical (unpaired) electrons. The van der Waals surface area contributed by atoms with Gasteiger partial charge in [0.25, 0.3) is 0 Å². The third-order valence-corrected chi connectivity index (χ3v) is 11.3. The van der Waals surface area contributed by atoms with Gasteiger partial charge in [-0.3, -0.25) is 0 Å². The first kappa shape index (κ1) is 34.5. The summed E-state index contributed by atoms with van der Waals surface area (Å²) < 4.78 is 11.2. The standard InChI is InChI=1S/C53H33N7O/c1-4-16-34(17-5-1)49-54-50(35-18-6-2-7-19-35)56-51(55-49)36-20-14-23-39(32-36)60-45-28-13-11-25-41(45)48-42(26-15-29-47(48)60)53-58-57-52(61-53)37-30-31-46-43(33-37)40-24-10-12-27-44(40)59(46)38-21-8-3-9-22-38/h1-33H. The Kier molecular flexibility index (Phi) is 7.99. The van der Waals surface area contributed by atoms with Gasteiger partial charge in [-0.15, -0.1) is 10.2 Å². The van der Waals surface area contributed by atoms with Crippen LogP contribution >= 0.6 is 0 Å². The van der Waals surface area contributed by atoms with E-state index in [-0.39, 0.29) is 0 Å². The van der Waals surface area contributed by atoms with Crippen molar-refractivity contribution >= 4 is 43.6 Å². The van der Waals surface area contributed by atoms with Crippen LogP contribution in [0.1, 0.15) is 0 Å². The maximum atomic E-state index is 6.59. The predicted molar refractivity (Wildman–Crippen MR) is 244 cm³/mol. The molecule has 8 nitrogen and oxygen atoms in total. The van der Waals surface area contributed by atoms with Crippen molar-refractivity contribution in [1.29, 1.82) is 0 Å². The van der Waals surface area contributed by atoms with Crippen molar-refractivity contribution in [3.05, 3.63) is 200 Å². The molecule has 286 valence electrons. The Balaban J connectivity index is 0.971. The lowest BCUT2D eigenvalue weighted by Gasteiger charge is -2.11. The van der Waals surface area contributed by atoms with Crippen molar-refractivity contribution in [2.75, 3.05) is 0 Å². The van der Waals surface area contributed by atoms with Crippen molar-refractivity contribution in [3.63, 3.8) is 0 Å². The highest BCUT2D eigenvalue weighted by molar-refractivity contribution is 6.15. The van der Waals surface area contributed by atoms with Crippen molar-refractivity contribution in [2.45, 2.75) is 0 Å². The summed E-state index contributed by atoms with van der Waals surface area (Å²) in [7, 11) is 0. The third kappa shape index (κ3) is 5.80. The Hall–Kier alpha value is -8.49. The number of rotatable bonds is 7. The molecule has 8 aromatic carbocycles. The van der Waals surface area contributed by atoms with E-state index in [4.69, 9.17) is 19.4 Å². The molecule has 0 N–H and O–H groups in total. The van der Waals surface area contributed by atoms with Crippen LogP contribution in [-0.4, -0.2) is 34.3 Å². The first-order valence-electron chi connectivity index (χ1n) is 20.2. The second kappa shape index (κ2) is 14.1. The Morgan fingerprint density at radius 2 is 0.836 bits per heavy atom. The third-order valence-electron chi connectivity index (χ3n) is 11.3. The predicted octanol–water partition coefficient (Wildman–Crippen LogP) is 12.8. The van der Waals surface area contributed by atoms with Crippen LogP contribution in [0.3, 0.4) is 0 Å². The van der Waals surface area contributed by atoms with Crippen LogP contribution in [-0.2, 0) is 0 Å². The van der Waals surface area contributed by atoms with E-state index in [0.717, 1.165) is 82.8 Å². The zero-order valence-electron chi connectivity index (χ0n) is 32.6. The summed E-state index contributed by atoms with van der Waals surface area (Å²) in [5.41, 5.74) is 10.8. The highest BCUT2D eigenvalue weighted by Crippen LogP contribution is 2.40. The van der Waals surface area contributed by atoms with Gasteiger partial charge in [-0.25, -0.2) is 15.0 Å². The maximum Gasteiger partial charge on any atom is 0.248 e. The fraction of sp³-hybridized carbons (Fsp3) is 0. The molecule has 12 aromatic rings. The number of hydrogen-bond donors (Lipinski definition) is 0. The first-order chi connectivity index (χ1) is 30.2. The van der Waals surface area contributed by atoms with Crippen LogP contribution in [0.5, 0.6) is 0 Å². The molecule has 12 rings (SSSR count). The van der Waals surface area contributed by atoms with Gasteiger partial charge >= 0.3 is 0 Å². The Morgan fingerprint density at radius 1 is 0.328 bits per heavy atom. The van der Waals surface area contributed by atoms with Gasteiger partial charge in [0.15, 0.2) is 17.5 Å². The summed E-state index contributed by atoms with van der Waals surface area (Å²) in [6.45, 7) is 0. The normalized spacial score (nSPS) is 11.6. The zero-order chi connectivity index (χ0) is 40.3. The molecule has 4 heterocycles. The Morgan fingerprint density at radius 3 is 1.56 bits per heavy atom. The first-order valence-corrected chi connectivity index (χ1v) is 20.2. The van der Waals surface area contributed by atoms with Gasteiger partial charge in [-0.1, -0.05) is 133 Å². The quantitative estimate of drug-likeness (QED) is 0.160. The molecule has 0 aliphatic heterocycles. The van der Waals surface area contributed by atoms with Crippen LogP contribution in [0, 0.1) is 0 Å². The molecule has 0 atom stereocenters. The van der Waals surface area contributed by atoms with E-state index < -0.39 is 0 Å². The summed E-state index contributed by atoms with van der Waals surface area (Å²) in [5.74, 6) is 2.75. The molecule has 0 bridgehead atoms. The molecule has 0 spiro atoms. The minimum absolute atomic E-state index is 0.455. The van der Waals surface area contributed by atoms with Gasteiger partial charge in [0.05, 0.1) is 22.1 Å². The molecule has 4 aromatic heterocycles. The maximum absolute atomic E-state index is 6.59. The van der Waals surface area contributed by atoms with Crippen molar-refractivity contribution < 1.29 is 4.42 Å². The second-order valence-electron chi connectivity index (χ2n) is 15.0. The van der Waals surface area contributed by atoms with Crippen LogP contribution in [0.25, 0.3) is 112 Å². The number of aromatic nitrogens is 7. The Labute approximate surface area is 349 Å². The van der Waals surface area contributed by atoms with Crippen molar-refractivity contribution in [1.82, 2.24) is 34.3 Å². The highest BCUT2D eigenvalue weighted by atomic mass is 16.4. The smallest absolute Gasteiger partial charge is 0.248 e. The fourth-order valence-corrected chi connectivity index (χ4v) is 8.61. The molecule has 0 unspecified atom stereocenters. The number of fused-ring (bicyclic) bond motifs is 6. The number of nitrogens with zero attached hydrogens (tertiary/aromatic N) is 7. The van der Waals surface area contributed by atoms with E-state index in [1.54, 1.807) is 0 Å². The molecular formula is C53H33N7O. The lowest BCUT2D eigenvalue weighted by Crippen LogP contribution is -2.01. The van der Waals surface area contributed by atoms with E-state index in [0.29, 0.717) is 29.3 Å². The molecule has 0 aliphatic carbocycles. The number of para-hydroxylation sites is 3. The summed E-state index contributed by atoms with van der Waals surface area (Å²) in [5, 5.41) is 13.7. The average molecular weight is 784 g/mol. The monoisotopic (exact) mass is 783 g/mol. The fourth-order valence-electron chi connectivity index (χ4n) is 8.61. The molecular weight excluding hydrogens is 751 g/mol. The molecule has 61 heavy (non-hydrogen) atoms. The van der Waals surface area contributed by atoms with Crippen LogP contribution < -0.4 is 0 Å². The summed E-state index contributed by atoms with van der Waals surface area (Å²) >= 11 is 0. The number of benzene rings is 8. The van der Waals surface area contributed by atoms with Gasteiger partial charge in [0, 0.05) is 60.7 Å². The molecule has 0 fully saturated rings.